The van der Waals surface area contributed by atoms with E-state index in [1.807, 2.05) is 0 Å². The summed E-state index contributed by atoms with van der Waals surface area (Å²) in [5.74, 6) is -0.0264. The van der Waals surface area contributed by atoms with Crippen LogP contribution in [0.2, 0.25) is 0 Å². The van der Waals surface area contributed by atoms with Crippen LogP contribution in [0.15, 0.2) is 0 Å². The first-order chi connectivity index (χ1) is 7.00. The van der Waals surface area contributed by atoms with Crippen molar-refractivity contribution in [3.05, 3.63) is 5.82 Å². The molecule has 0 spiro atoms. The van der Waals surface area contributed by atoms with Gasteiger partial charge in [0.05, 0.1) is 12.0 Å². The van der Waals surface area contributed by atoms with Crippen LogP contribution in [-0.4, -0.2) is 37.3 Å². The summed E-state index contributed by atoms with van der Waals surface area (Å²) in [5, 5.41) is 13.0. The quantitative estimate of drug-likeness (QED) is 0.662. The number of hydrogen-bond donors (Lipinski definition) is 1. The molecule has 0 saturated carbocycles. The Hall–Kier alpha value is -1.79. The second-order valence-electron chi connectivity index (χ2n) is 4.17. The smallest absolute Gasteiger partial charge is 0.235 e. The number of carbonyl (C=O) groups excluding carboxylic acids is 2. The molecule has 7 nitrogen and oxygen atoms in total. The molecule has 0 aromatic carbocycles. The predicted octanol–water partition coefficient (Wildman–Crippen LogP) is -0.515. The zero-order valence-corrected chi connectivity index (χ0v) is 8.52. The third kappa shape index (κ3) is 1.60. The number of hydrogen-bond acceptors (Lipinski definition) is 5. The van der Waals surface area contributed by atoms with Crippen LogP contribution in [0.4, 0.5) is 0 Å². The molecule has 2 rings (SSSR count). The Balaban J connectivity index is 2.17. The Labute approximate surface area is 85.8 Å². The van der Waals surface area contributed by atoms with Gasteiger partial charge in [-0.15, -0.1) is 10.2 Å². The number of imide groups is 1. The van der Waals surface area contributed by atoms with Gasteiger partial charge in [-0.3, -0.25) is 14.5 Å². The molecule has 80 valence electrons. The van der Waals surface area contributed by atoms with E-state index in [1.54, 1.807) is 13.8 Å². The SMILES string of the molecule is CC1(C)CC(=O)N(Cc2nn[nH]n2)C1=O. The van der Waals surface area contributed by atoms with Crippen molar-refractivity contribution in [2.45, 2.75) is 26.8 Å². The van der Waals surface area contributed by atoms with Gasteiger partial charge in [0.25, 0.3) is 0 Å². The standard InChI is InChI=1S/C8H11N5O2/c1-8(2)3-6(14)13(7(8)15)4-5-9-11-12-10-5/h3-4H2,1-2H3,(H,9,10,11,12). The summed E-state index contributed by atoms with van der Waals surface area (Å²) in [6, 6.07) is 0. The second kappa shape index (κ2) is 3.11. The molecular weight excluding hydrogens is 198 g/mol. The Morgan fingerprint density at radius 3 is 2.67 bits per heavy atom. The lowest BCUT2D eigenvalue weighted by molar-refractivity contribution is -0.141. The maximum absolute atomic E-state index is 11.8. The van der Waals surface area contributed by atoms with Crippen molar-refractivity contribution >= 4 is 11.8 Å². The zero-order valence-electron chi connectivity index (χ0n) is 8.52. The number of tetrazole rings is 1. The molecule has 0 bridgehead atoms. The predicted molar refractivity (Wildman–Crippen MR) is 48.1 cm³/mol. The van der Waals surface area contributed by atoms with E-state index in [1.165, 1.54) is 4.90 Å². The highest BCUT2D eigenvalue weighted by Gasteiger charge is 2.44. The number of amides is 2. The fraction of sp³-hybridized carbons (Fsp3) is 0.625. The van der Waals surface area contributed by atoms with Gasteiger partial charge in [-0.05, 0) is 0 Å². The van der Waals surface area contributed by atoms with Crippen molar-refractivity contribution < 1.29 is 9.59 Å². The van der Waals surface area contributed by atoms with Crippen molar-refractivity contribution in [3.63, 3.8) is 0 Å². The molecule has 1 saturated heterocycles. The van der Waals surface area contributed by atoms with Crippen molar-refractivity contribution in [1.82, 2.24) is 25.5 Å². The van der Waals surface area contributed by atoms with Crippen LogP contribution in [0.1, 0.15) is 26.1 Å². The highest BCUT2D eigenvalue weighted by Crippen LogP contribution is 2.31. The fourth-order valence-electron chi connectivity index (χ4n) is 1.58. The highest BCUT2D eigenvalue weighted by atomic mass is 16.2. The number of likely N-dealkylation sites (tertiary alicyclic amines) is 1. The van der Waals surface area contributed by atoms with Crippen LogP contribution < -0.4 is 0 Å². The van der Waals surface area contributed by atoms with E-state index in [4.69, 9.17) is 0 Å². The van der Waals surface area contributed by atoms with Gasteiger partial charge in [-0.1, -0.05) is 19.1 Å². The monoisotopic (exact) mass is 209 g/mol. The maximum Gasteiger partial charge on any atom is 0.235 e. The number of H-pyrrole nitrogens is 1. The van der Waals surface area contributed by atoms with Gasteiger partial charge in [-0.2, -0.15) is 5.21 Å². The Morgan fingerprint density at radius 1 is 1.47 bits per heavy atom. The van der Waals surface area contributed by atoms with Gasteiger partial charge in [0.15, 0.2) is 5.82 Å². The first-order valence-corrected chi connectivity index (χ1v) is 4.58. The molecule has 1 aromatic rings. The average molecular weight is 209 g/mol. The van der Waals surface area contributed by atoms with Crippen LogP contribution in [0.3, 0.4) is 0 Å². The number of rotatable bonds is 2. The lowest BCUT2D eigenvalue weighted by Gasteiger charge is -2.15. The molecule has 1 aliphatic rings. The van der Waals surface area contributed by atoms with Crippen molar-refractivity contribution in [1.29, 1.82) is 0 Å². The van der Waals surface area contributed by atoms with Gasteiger partial charge >= 0.3 is 0 Å². The maximum atomic E-state index is 11.8. The summed E-state index contributed by atoms with van der Waals surface area (Å²) in [7, 11) is 0. The normalized spacial score (nSPS) is 20.0. The molecule has 0 aliphatic carbocycles. The lowest BCUT2D eigenvalue weighted by atomic mass is 9.92. The number of nitrogens with zero attached hydrogens (tertiary/aromatic N) is 4. The van der Waals surface area contributed by atoms with Crippen LogP contribution in [0, 0.1) is 5.41 Å². The molecule has 1 N–H and O–H groups in total. The molecule has 1 aromatic heterocycles. The number of carbonyl (C=O) groups is 2. The third-order valence-corrected chi connectivity index (χ3v) is 2.41. The van der Waals surface area contributed by atoms with E-state index in [0.29, 0.717) is 5.82 Å². The van der Waals surface area contributed by atoms with Gasteiger partial charge in [0.1, 0.15) is 0 Å². The summed E-state index contributed by atoms with van der Waals surface area (Å²) in [5.41, 5.74) is -0.610. The van der Waals surface area contributed by atoms with E-state index in [9.17, 15) is 9.59 Å². The second-order valence-corrected chi connectivity index (χ2v) is 4.17. The number of nitrogens with one attached hydrogen (secondary N) is 1. The van der Waals surface area contributed by atoms with E-state index < -0.39 is 5.41 Å². The molecule has 0 atom stereocenters. The van der Waals surface area contributed by atoms with Gasteiger partial charge in [-0.25, -0.2) is 0 Å². The summed E-state index contributed by atoms with van der Waals surface area (Å²) in [6.45, 7) is 3.60. The zero-order chi connectivity index (χ0) is 11.1. The van der Waals surface area contributed by atoms with Crippen molar-refractivity contribution in [2.24, 2.45) is 5.41 Å². The molecule has 1 aliphatic heterocycles. The summed E-state index contributed by atoms with van der Waals surface area (Å²) in [6.07, 6.45) is 0.240. The Bertz CT molecular complexity index is 397. The Kier molecular flexibility index (Phi) is 2.02. The number of aromatic nitrogens is 4. The topological polar surface area (TPSA) is 91.8 Å². The number of aromatic amines is 1. The van der Waals surface area contributed by atoms with Gasteiger partial charge in [0.2, 0.25) is 11.8 Å². The van der Waals surface area contributed by atoms with E-state index in [0.717, 1.165) is 0 Å². The molecule has 7 heteroatoms. The minimum atomic E-state index is -0.610. The van der Waals surface area contributed by atoms with Crippen molar-refractivity contribution in [2.75, 3.05) is 0 Å². The average Bonchev–Trinajstić information content (AvgIpc) is 2.69. The molecular formula is C8H11N5O2. The van der Waals surface area contributed by atoms with E-state index >= 15 is 0 Å². The van der Waals surface area contributed by atoms with Crippen LogP contribution >= 0.6 is 0 Å². The minimum Gasteiger partial charge on any atom is -0.274 e. The highest BCUT2D eigenvalue weighted by molar-refractivity contribution is 6.05. The largest absolute Gasteiger partial charge is 0.274 e. The molecule has 2 amide bonds. The Morgan fingerprint density at radius 2 is 2.20 bits per heavy atom. The van der Waals surface area contributed by atoms with Crippen LogP contribution in [0.5, 0.6) is 0 Å². The molecule has 15 heavy (non-hydrogen) atoms. The molecule has 2 heterocycles. The lowest BCUT2D eigenvalue weighted by Crippen LogP contribution is -2.32. The summed E-state index contributed by atoms with van der Waals surface area (Å²) < 4.78 is 0. The molecule has 0 unspecified atom stereocenters. The third-order valence-electron chi connectivity index (χ3n) is 2.41. The summed E-state index contributed by atoms with van der Waals surface area (Å²) >= 11 is 0. The van der Waals surface area contributed by atoms with E-state index in [2.05, 4.69) is 20.6 Å². The summed E-state index contributed by atoms with van der Waals surface area (Å²) in [4.78, 5) is 24.5. The van der Waals surface area contributed by atoms with Gasteiger partial charge in [0, 0.05) is 6.42 Å². The molecule has 1 fully saturated rings. The minimum absolute atomic E-state index is 0.0948. The van der Waals surface area contributed by atoms with Crippen LogP contribution in [-0.2, 0) is 16.1 Å². The van der Waals surface area contributed by atoms with E-state index in [-0.39, 0.29) is 24.8 Å². The van der Waals surface area contributed by atoms with Crippen LogP contribution in [0.25, 0.3) is 0 Å². The van der Waals surface area contributed by atoms with Gasteiger partial charge < -0.3 is 0 Å². The first-order valence-electron chi connectivity index (χ1n) is 4.58. The fourth-order valence-corrected chi connectivity index (χ4v) is 1.58. The van der Waals surface area contributed by atoms with Crippen molar-refractivity contribution in [3.8, 4) is 0 Å². The first kappa shape index (κ1) is 9.75. The molecule has 0 radical (unpaired) electrons.